The molecule has 1 fully saturated rings. The summed E-state index contributed by atoms with van der Waals surface area (Å²) < 4.78 is 1.81. The van der Waals surface area contributed by atoms with Gasteiger partial charge in [-0.15, -0.1) is 0 Å². The maximum Gasteiger partial charge on any atom is 0.137 e. The van der Waals surface area contributed by atoms with E-state index >= 15 is 0 Å². The van der Waals surface area contributed by atoms with Gasteiger partial charge < -0.3 is 5.11 Å². The van der Waals surface area contributed by atoms with Crippen molar-refractivity contribution in [2.24, 2.45) is 0 Å². The van der Waals surface area contributed by atoms with E-state index < -0.39 is 5.60 Å². The summed E-state index contributed by atoms with van der Waals surface area (Å²) in [6.07, 6.45) is 7.13. The Hall–Kier alpha value is -1.39. The minimum atomic E-state index is -0.773. The van der Waals surface area contributed by atoms with Crippen molar-refractivity contribution >= 4 is 11.6 Å². The van der Waals surface area contributed by atoms with Gasteiger partial charge in [-0.05, 0) is 37.5 Å². The number of halogens is 1. The summed E-state index contributed by atoms with van der Waals surface area (Å²) in [7, 11) is 0. The van der Waals surface area contributed by atoms with Crippen LogP contribution in [0.4, 0.5) is 0 Å². The highest BCUT2D eigenvalue weighted by Crippen LogP contribution is 2.47. The zero-order valence-electron chi connectivity index (χ0n) is 12.2. The van der Waals surface area contributed by atoms with Gasteiger partial charge >= 0.3 is 0 Å². The van der Waals surface area contributed by atoms with E-state index in [1.54, 1.807) is 6.33 Å². The topological polar surface area (TPSA) is 50.9 Å². The summed E-state index contributed by atoms with van der Waals surface area (Å²) >= 11 is 6.02. The summed E-state index contributed by atoms with van der Waals surface area (Å²) in [5, 5.41) is 16.1. The Bertz CT molecular complexity index is 594. The van der Waals surface area contributed by atoms with Crippen LogP contribution in [-0.4, -0.2) is 25.5 Å². The standard InChI is InChI=1S/C16H20ClN3O/c1-15(21)8-2-3-9-16(15,10-20-12-18-11-19-20)13-4-6-14(17)7-5-13/h4-7,11-12,21H,2-3,8-10H2,1H3. The van der Waals surface area contributed by atoms with Gasteiger partial charge in [0.2, 0.25) is 0 Å². The van der Waals surface area contributed by atoms with Crippen LogP contribution < -0.4 is 0 Å². The van der Waals surface area contributed by atoms with Crippen LogP contribution in [0.3, 0.4) is 0 Å². The fourth-order valence-corrected chi connectivity index (χ4v) is 3.69. The lowest BCUT2D eigenvalue weighted by Gasteiger charge is -2.49. The second kappa shape index (κ2) is 5.43. The van der Waals surface area contributed by atoms with Crippen molar-refractivity contribution in [3.63, 3.8) is 0 Å². The van der Waals surface area contributed by atoms with Crippen molar-refractivity contribution in [3.8, 4) is 0 Å². The average Bonchev–Trinajstić information content (AvgIpc) is 2.95. The Morgan fingerprint density at radius 1 is 1.24 bits per heavy atom. The summed E-state index contributed by atoms with van der Waals surface area (Å²) in [5.41, 5.74) is -0.0127. The highest BCUT2D eigenvalue weighted by Gasteiger charge is 2.50. The lowest BCUT2D eigenvalue weighted by atomic mass is 9.60. The number of hydrogen-bond acceptors (Lipinski definition) is 3. The Kier molecular flexibility index (Phi) is 3.76. The van der Waals surface area contributed by atoms with E-state index in [0.29, 0.717) is 11.6 Å². The third-order valence-electron chi connectivity index (χ3n) is 4.84. The second-order valence-corrected chi connectivity index (χ2v) is 6.60. The average molecular weight is 306 g/mol. The molecule has 1 aliphatic carbocycles. The van der Waals surface area contributed by atoms with Crippen molar-refractivity contribution in [1.29, 1.82) is 0 Å². The number of benzene rings is 1. The molecular weight excluding hydrogens is 286 g/mol. The van der Waals surface area contributed by atoms with Crippen LogP contribution >= 0.6 is 11.6 Å². The van der Waals surface area contributed by atoms with Crippen LogP contribution in [0.5, 0.6) is 0 Å². The highest BCUT2D eigenvalue weighted by molar-refractivity contribution is 6.30. The van der Waals surface area contributed by atoms with Crippen LogP contribution in [0.15, 0.2) is 36.9 Å². The molecule has 1 aromatic heterocycles. The number of hydrogen-bond donors (Lipinski definition) is 1. The molecule has 21 heavy (non-hydrogen) atoms. The molecule has 0 saturated heterocycles. The quantitative estimate of drug-likeness (QED) is 0.947. The number of aromatic nitrogens is 3. The molecular formula is C16H20ClN3O. The van der Waals surface area contributed by atoms with E-state index in [4.69, 9.17) is 11.6 Å². The number of nitrogens with zero attached hydrogens (tertiary/aromatic N) is 3. The first-order chi connectivity index (χ1) is 10.0. The predicted octanol–water partition coefficient (Wildman–Crippen LogP) is 3.19. The third-order valence-corrected chi connectivity index (χ3v) is 5.10. The molecule has 1 aromatic carbocycles. The van der Waals surface area contributed by atoms with Crippen LogP contribution in [0.25, 0.3) is 0 Å². The molecule has 1 aliphatic rings. The first-order valence-electron chi connectivity index (χ1n) is 7.34. The van der Waals surface area contributed by atoms with Crippen LogP contribution in [0.2, 0.25) is 5.02 Å². The van der Waals surface area contributed by atoms with Crippen molar-refractivity contribution < 1.29 is 5.11 Å². The van der Waals surface area contributed by atoms with Gasteiger partial charge in [0.25, 0.3) is 0 Å². The maximum atomic E-state index is 11.1. The lowest BCUT2D eigenvalue weighted by Crippen LogP contribution is -2.54. The maximum absolute atomic E-state index is 11.1. The summed E-state index contributed by atoms with van der Waals surface area (Å²) in [6.45, 7) is 2.57. The molecule has 1 saturated carbocycles. The van der Waals surface area contributed by atoms with Crippen molar-refractivity contribution in [3.05, 3.63) is 47.5 Å². The second-order valence-electron chi connectivity index (χ2n) is 6.16. The molecule has 1 heterocycles. The molecule has 4 nitrogen and oxygen atoms in total. The van der Waals surface area contributed by atoms with E-state index in [-0.39, 0.29) is 5.41 Å². The fraction of sp³-hybridized carbons (Fsp3) is 0.500. The minimum absolute atomic E-state index is 0.358. The third kappa shape index (κ3) is 2.58. The number of rotatable bonds is 3. The SMILES string of the molecule is CC1(O)CCCCC1(Cn1cncn1)c1ccc(Cl)cc1. The zero-order valence-corrected chi connectivity index (χ0v) is 12.9. The molecule has 0 radical (unpaired) electrons. The molecule has 2 atom stereocenters. The highest BCUT2D eigenvalue weighted by atomic mass is 35.5. The summed E-state index contributed by atoms with van der Waals surface area (Å²) in [4.78, 5) is 4.02. The van der Waals surface area contributed by atoms with Crippen LogP contribution in [0, 0.1) is 0 Å². The Morgan fingerprint density at radius 3 is 2.57 bits per heavy atom. The Balaban J connectivity index is 2.07. The molecule has 0 bridgehead atoms. The predicted molar refractivity (Wildman–Crippen MR) is 82.2 cm³/mol. The lowest BCUT2D eigenvalue weighted by molar-refractivity contribution is -0.0645. The van der Waals surface area contributed by atoms with Gasteiger partial charge in [0.15, 0.2) is 0 Å². The largest absolute Gasteiger partial charge is 0.389 e. The van der Waals surface area contributed by atoms with Gasteiger partial charge in [-0.1, -0.05) is 36.6 Å². The van der Waals surface area contributed by atoms with E-state index in [0.717, 1.165) is 31.2 Å². The monoisotopic (exact) mass is 305 g/mol. The van der Waals surface area contributed by atoms with Gasteiger partial charge in [0.05, 0.1) is 12.1 Å². The molecule has 3 rings (SSSR count). The van der Waals surface area contributed by atoms with Gasteiger partial charge in [-0.2, -0.15) is 5.10 Å². The van der Waals surface area contributed by atoms with E-state index in [1.807, 2.05) is 35.9 Å². The van der Waals surface area contributed by atoms with E-state index in [2.05, 4.69) is 10.1 Å². The molecule has 0 amide bonds. The van der Waals surface area contributed by atoms with Gasteiger partial charge in [-0.3, -0.25) is 4.68 Å². The number of aliphatic hydroxyl groups is 1. The van der Waals surface area contributed by atoms with Gasteiger partial charge in [0.1, 0.15) is 12.7 Å². The molecule has 2 unspecified atom stereocenters. The smallest absolute Gasteiger partial charge is 0.137 e. The minimum Gasteiger partial charge on any atom is -0.389 e. The zero-order chi connectivity index (χ0) is 14.9. The van der Waals surface area contributed by atoms with E-state index in [1.165, 1.54) is 6.33 Å². The van der Waals surface area contributed by atoms with Crippen molar-refractivity contribution in [2.75, 3.05) is 0 Å². The molecule has 1 N–H and O–H groups in total. The van der Waals surface area contributed by atoms with Gasteiger partial charge in [0, 0.05) is 10.4 Å². The van der Waals surface area contributed by atoms with Gasteiger partial charge in [-0.25, -0.2) is 4.98 Å². The first-order valence-corrected chi connectivity index (χ1v) is 7.72. The Morgan fingerprint density at radius 2 is 1.95 bits per heavy atom. The van der Waals surface area contributed by atoms with Crippen molar-refractivity contribution in [2.45, 2.75) is 50.2 Å². The van der Waals surface area contributed by atoms with Crippen LogP contribution in [-0.2, 0) is 12.0 Å². The summed E-state index contributed by atoms with van der Waals surface area (Å²) in [5.74, 6) is 0. The molecule has 0 spiro atoms. The van der Waals surface area contributed by atoms with E-state index in [9.17, 15) is 5.11 Å². The normalized spacial score (nSPS) is 29.5. The van der Waals surface area contributed by atoms with Crippen LogP contribution in [0.1, 0.15) is 38.2 Å². The summed E-state index contributed by atoms with van der Waals surface area (Å²) in [6, 6.07) is 7.84. The molecule has 0 aliphatic heterocycles. The fourth-order valence-electron chi connectivity index (χ4n) is 3.56. The molecule has 5 heteroatoms. The Labute approximate surface area is 129 Å². The van der Waals surface area contributed by atoms with Crippen molar-refractivity contribution in [1.82, 2.24) is 14.8 Å². The molecule has 2 aromatic rings. The first kappa shape index (κ1) is 14.5. The molecule has 112 valence electrons.